The number of rotatable bonds is 14. The second-order valence-corrected chi connectivity index (χ2v) is 11.9. The van der Waals surface area contributed by atoms with Crippen LogP contribution in [0.3, 0.4) is 0 Å². The largest absolute Gasteiger partial charge is 0.492 e. The predicted octanol–water partition coefficient (Wildman–Crippen LogP) is 6.80. The fraction of sp³-hybridized carbons (Fsp3) is 0.308. The van der Waals surface area contributed by atoms with Gasteiger partial charge in [0.1, 0.15) is 18.4 Å². The first-order valence-corrected chi connectivity index (χ1v) is 16.0. The number of carbonyl (C=O) groups excluding carboxylic acids is 3. The lowest BCUT2D eigenvalue weighted by Crippen LogP contribution is -2.45. The van der Waals surface area contributed by atoms with E-state index in [-0.39, 0.29) is 17.1 Å². The first-order valence-electron chi connectivity index (χ1n) is 16.0. The van der Waals surface area contributed by atoms with Crippen molar-refractivity contribution in [1.29, 1.82) is 0 Å². The molecule has 0 aliphatic heterocycles. The van der Waals surface area contributed by atoms with E-state index in [0.29, 0.717) is 42.1 Å². The Kier molecular flexibility index (Phi) is 11.2. The number of nitrogens with one attached hydrogen (secondary N) is 2. The highest BCUT2D eigenvalue weighted by Gasteiger charge is 2.39. The Balaban J connectivity index is 1.16. The van der Waals surface area contributed by atoms with Gasteiger partial charge >= 0.3 is 5.97 Å². The Labute approximate surface area is 271 Å². The van der Waals surface area contributed by atoms with E-state index in [9.17, 15) is 14.4 Å². The molecule has 2 N–H and O–H groups in total. The van der Waals surface area contributed by atoms with E-state index in [4.69, 9.17) is 9.47 Å². The highest BCUT2D eigenvalue weighted by Crippen LogP contribution is 2.39. The van der Waals surface area contributed by atoms with Gasteiger partial charge in [-0.3, -0.25) is 9.59 Å². The summed E-state index contributed by atoms with van der Waals surface area (Å²) in [6.45, 7) is 0.775. The molecular weight excluding hydrogens is 576 g/mol. The molecule has 4 aromatic carbocycles. The van der Waals surface area contributed by atoms with Gasteiger partial charge in [0.15, 0.2) is 5.78 Å². The standard InChI is InChI=1S/C39H42N2O5/c1-45-37(43)35(41-34-18-10-9-17-33(34)36(42)31-15-7-3-8-16-31)27-29-19-21-32(22-20-29)46-26-25-40-38(44)39(23-11-4-12-24-39)28-30-13-5-2-6-14-30/h2-3,5-10,13-22,35,41H,4,11-12,23-28H2,1H3,(H,40,44)/t35-/m0/s1. The van der Waals surface area contributed by atoms with Crippen molar-refractivity contribution in [1.82, 2.24) is 5.32 Å². The third-order valence-electron chi connectivity index (χ3n) is 8.72. The number of benzene rings is 4. The Hall–Kier alpha value is -4.91. The minimum Gasteiger partial charge on any atom is -0.492 e. The fourth-order valence-corrected chi connectivity index (χ4v) is 6.25. The summed E-state index contributed by atoms with van der Waals surface area (Å²) in [6.07, 6.45) is 6.26. The molecule has 0 unspecified atom stereocenters. The van der Waals surface area contributed by atoms with Gasteiger partial charge in [-0.05, 0) is 54.7 Å². The molecule has 1 aliphatic carbocycles. The molecule has 0 aromatic heterocycles. The molecular formula is C39H42N2O5. The molecule has 1 saturated carbocycles. The highest BCUT2D eigenvalue weighted by atomic mass is 16.5. The van der Waals surface area contributed by atoms with E-state index >= 15 is 0 Å². The summed E-state index contributed by atoms with van der Waals surface area (Å²) in [5.74, 6) is 0.232. The second-order valence-electron chi connectivity index (χ2n) is 11.9. The normalized spacial score (nSPS) is 14.5. The number of ether oxygens (including phenoxy) is 2. The average Bonchev–Trinajstić information content (AvgIpc) is 3.11. The lowest BCUT2D eigenvalue weighted by Gasteiger charge is -2.36. The Morgan fingerprint density at radius 3 is 2.11 bits per heavy atom. The van der Waals surface area contributed by atoms with Crippen LogP contribution < -0.4 is 15.4 Å². The van der Waals surface area contributed by atoms with Gasteiger partial charge < -0.3 is 20.1 Å². The van der Waals surface area contributed by atoms with Crippen molar-refractivity contribution in [3.05, 3.63) is 131 Å². The first-order chi connectivity index (χ1) is 22.5. The number of carbonyl (C=O) groups is 3. The van der Waals surface area contributed by atoms with E-state index < -0.39 is 12.0 Å². The van der Waals surface area contributed by atoms with Crippen molar-refractivity contribution < 1.29 is 23.9 Å². The molecule has 1 aliphatic rings. The van der Waals surface area contributed by atoms with Gasteiger partial charge in [-0.15, -0.1) is 0 Å². The molecule has 238 valence electrons. The summed E-state index contributed by atoms with van der Waals surface area (Å²) in [5, 5.41) is 6.38. The maximum atomic E-state index is 13.4. The summed E-state index contributed by atoms with van der Waals surface area (Å²) < 4.78 is 11.0. The predicted molar refractivity (Wildman–Crippen MR) is 180 cm³/mol. The molecule has 4 aromatic rings. The van der Waals surface area contributed by atoms with Crippen LogP contribution in [0.1, 0.15) is 59.2 Å². The molecule has 7 heteroatoms. The van der Waals surface area contributed by atoms with Crippen molar-refractivity contribution in [2.24, 2.45) is 5.41 Å². The van der Waals surface area contributed by atoms with E-state index in [1.165, 1.54) is 19.1 Å². The van der Waals surface area contributed by atoms with Crippen LogP contribution >= 0.6 is 0 Å². The molecule has 0 radical (unpaired) electrons. The van der Waals surface area contributed by atoms with Gasteiger partial charge in [0.05, 0.1) is 19.1 Å². The molecule has 1 fully saturated rings. The maximum Gasteiger partial charge on any atom is 0.328 e. The summed E-state index contributed by atoms with van der Waals surface area (Å²) in [6, 6.07) is 33.3. The minimum absolute atomic E-state index is 0.114. The molecule has 5 rings (SSSR count). The van der Waals surface area contributed by atoms with Gasteiger partial charge in [-0.1, -0.05) is 104 Å². The molecule has 1 amide bonds. The molecule has 0 bridgehead atoms. The Morgan fingerprint density at radius 1 is 0.761 bits per heavy atom. The van der Waals surface area contributed by atoms with Crippen molar-refractivity contribution in [2.45, 2.75) is 51.0 Å². The quantitative estimate of drug-likeness (QED) is 0.0917. The van der Waals surface area contributed by atoms with Crippen LogP contribution in [0, 0.1) is 5.41 Å². The zero-order chi connectivity index (χ0) is 32.2. The van der Waals surface area contributed by atoms with Gasteiger partial charge in [-0.25, -0.2) is 4.79 Å². The van der Waals surface area contributed by atoms with Crippen LogP contribution in [0.2, 0.25) is 0 Å². The van der Waals surface area contributed by atoms with Crippen LogP contribution in [-0.4, -0.2) is 44.0 Å². The topological polar surface area (TPSA) is 93.7 Å². The summed E-state index contributed by atoms with van der Waals surface area (Å²) in [4.78, 5) is 39.4. The number of para-hydroxylation sites is 1. The Bertz CT molecular complexity index is 1580. The van der Waals surface area contributed by atoms with Gasteiger partial charge in [0.2, 0.25) is 5.91 Å². The number of esters is 1. The van der Waals surface area contributed by atoms with Gasteiger partial charge in [0, 0.05) is 23.2 Å². The van der Waals surface area contributed by atoms with Crippen molar-refractivity contribution in [3.8, 4) is 5.75 Å². The molecule has 7 nitrogen and oxygen atoms in total. The lowest BCUT2D eigenvalue weighted by molar-refractivity contribution is -0.141. The lowest BCUT2D eigenvalue weighted by atomic mass is 9.69. The number of methoxy groups -OCH3 is 1. The summed E-state index contributed by atoms with van der Waals surface area (Å²) >= 11 is 0. The molecule has 46 heavy (non-hydrogen) atoms. The zero-order valence-electron chi connectivity index (χ0n) is 26.4. The van der Waals surface area contributed by atoms with Crippen LogP contribution in [0.25, 0.3) is 0 Å². The first kappa shape index (κ1) is 32.5. The molecule has 0 spiro atoms. The number of amides is 1. The van der Waals surface area contributed by atoms with Crippen LogP contribution in [0.4, 0.5) is 5.69 Å². The van der Waals surface area contributed by atoms with Gasteiger partial charge in [0.25, 0.3) is 0 Å². The average molecular weight is 619 g/mol. The summed E-state index contributed by atoms with van der Waals surface area (Å²) in [7, 11) is 1.35. The fourth-order valence-electron chi connectivity index (χ4n) is 6.25. The van der Waals surface area contributed by atoms with E-state index in [2.05, 4.69) is 22.8 Å². The minimum atomic E-state index is -0.709. The number of hydrogen-bond donors (Lipinski definition) is 2. The van der Waals surface area contributed by atoms with E-state index in [1.807, 2.05) is 66.7 Å². The SMILES string of the molecule is COC(=O)[C@H](Cc1ccc(OCCNC(=O)C2(Cc3ccccc3)CCCCC2)cc1)Nc1ccccc1C(=O)c1ccccc1. The van der Waals surface area contributed by atoms with Gasteiger partial charge in [-0.2, -0.15) is 0 Å². The maximum absolute atomic E-state index is 13.4. The molecule has 0 heterocycles. The van der Waals surface area contributed by atoms with Crippen molar-refractivity contribution >= 4 is 23.3 Å². The molecule has 0 saturated heterocycles. The monoisotopic (exact) mass is 618 g/mol. The molecule has 1 atom stereocenters. The van der Waals surface area contributed by atoms with Crippen LogP contribution in [-0.2, 0) is 27.2 Å². The van der Waals surface area contributed by atoms with E-state index in [0.717, 1.165) is 37.7 Å². The van der Waals surface area contributed by atoms with Crippen LogP contribution in [0.15, 0.2) is 109 Å². The highest BCUT2D eigenvalue weighted by molar-refractivity contribution is 6.12. The van der Waals surface area contributed by atoms with Crippen molar-refractivity contribution in [2.75, 3.05) is 25.6 Å². The summed E-state index contributed by atoms with van der Waals surface area (Å²) in [5.41, 5.74) is 3.35. The van der Waals surface area contributed by atoms with E-state index in [1.54, 1.807) is 30.3 Å². The Morgan fingerprint density at radius 2 is 1.41 bits per heavy atom. The third-order valence-corrected chi connectivity index (χ3v) is 8.72. The zero-order valence-corrected chi connectivity index (χ0v) is 26.4. The van der Waals surface area contributed by atoms with Crippen molar-refractivity contribution in [3.63, 3.8) is 0 Å². The smallest absolute Gasteiger partial charge is 0.328 e. The second kappa shape index (κ2) is 15.9. The van der Waals surface area contributed by atoms with Crippen LogP contribution in [0.5, 0.6) is 5.75 Å². The number of hydrogen-bond acceptors (Lipinski definition) is 6. The number of anilines is 1. The third kappa shape index (κ3) is 8.42. The number of ketones is 1.